The van der Waals surface area contributed by atoms with Crippen LogP contribution in [0.1, 0.15) is 24.0 Å². The second kappa shape index (κ2) is 4.24. The molecule has 0 radical (unpaired) electrons. The lowest BCUT2D eigenvalue weighted by atomic mass is 10.0. The Labute approximate surface area is 73.0 Å². The standard InChI is InChI=1S/C10H15NO/c1-8(6-11)10-4-2-9(7-12)3-5-10/h2-5,8,12H,6-7,11H2,1H3. The summed E-state index contributed by atoms with van der Waals surface area (Å²) in [6, 6.07) is 7.90. The van der Waals surface area contributed by atoms with E-state index in [0.29, 0.717) is 12.5 Å². The first-order chi connectivity index (χ1) is 5.77. The van der Waals surface area contributed by atoms with Gasteiger partial charge in [0.05, 0.1) is 6.61 Å². The van der Waals surface area contributed by atoms with Crippen molar-refractivity contribution < 1.29 is 5.11 Å². The number of aliphatic hydroxyl groups is 1. The van der Waals surface area contributed by atoms with Crippen molar-refractivity contribution in [1.82, 2.24) is 0 Å². The van der Waals surface area contributed by atoms with Crippen LogP contribution in [-0.2, 0) is 6.61 Å². The number of rotatable bonds is 3. The van der Waals surface area contributed by atoms with Crippen LogP contribution in [-0.4, -0.2) is 11.7 Å². The molecule has 0 aromatic heterocycles. The highest BCUT2D eigenvalue weighted by molar-refractivity contribution is 5.24. The third kappa shape index (κ3) is 2.06. The average molecular weight is 165 g/mol. The van der Waals surface area contributed by atoms with E-state index >= 15 is 0 Å². The van der Waals surface area contributed by atoms with Crippen molar-refractivity contribution in [3.8, 4) is 0 Å². The van der Waals surface area contributed by atoms with Gasteiger partial charge in [0.1, 0.15) is 0 Å². The number of hydrogen-bond acceptors (Lipinski definition) is 2. The first-order valence-electron chi connectivity index (χ1n) is 4.17. The van der Waals surface area contributed by atoms with Gasteiger partial charge in [0.15, 0.2) is 0 Å². The number of aliphatic hydroxyl groups excluding tert-OH is 1. The molecule has 0 amide bonds. The summed E-state index contributed by atoms with van der Waals surface area (Å²) in [5.74, 6) is 0.401. The van der Waals surface area contributed by atoms with Crippen LogP contribution >= 0.6 is 0 Å². The SMILES string of the molecule is CC(CN)c1ccc(CO)cc1. The van der Waals surface area contributed by atoms with Crippen LogP contribution in [0.5, 0.6) is 0 Å². The zero-order valence-electron chi connectivity index (χ0n) is 7.33. The summed E-state index contributed by atoms with van der Waals surface area (Å²) in [7, 11) is 0. The fourth-order valence-electron chi connectivity index (χ4n) is 1.09. The van der Waals surface area contributed by atoms with Crippen LogP contribution in [0.3, 0.4) is 0 Å². The van der Waals surface area contributed by atoms with E-state index in [2.05, 4.69) is 6.92 Å². The molecule has 0 bridgehead atoms. The molecule has 0 saturated carbocycles. The Morgan fingerprint density at radius 2 is 1.92 bits per heavy atom. The van der Waals surface area contributed by atoms with Gasteiger partial charge < -0.3 is 10.8 Å². The maximum atomic E-state index is 8.80. The van der Waals surface area contributed by atoms with Crippen molar-refractivity contribution in [2.24, 2.45) is 5.73 Å². The normalized spacial score (nSPS) is 12.9. The van der Waals surface area contributed by atoms with Crippen molar-refractivity contribution in [3.63, 3.8) is 0 Å². The summed E-state index contributed by atoms with van der Waals surface area (Å²) in [5.41, 5.74) is 7.70. The molecule has 2 nitrogen and oxygen atoms in total. The van der Waals surface area contributed by atoms with Crippen molar-refractivity contribution in [3.05, 3.63) is 35.4 Å². The quantitative estimate of drug-likeness (QED) is 0.708. The van der Waals surface area contributed by atoms with E-state index in [-0.39, 0.29) is 6.61 Å². The summed E-state index contributed by atoms with van der Waals surface area (Å²) in [5, 5.41) is 8.80. The molecule has 1 aromatic carbocycles. The van der Waals surface area contributed by atoms with Gasteiger partial charge >= 0.3 is 0 Å². The van der Waals surface area contributed by atoms with Crippen LogP contribution < -0.4 is 5.73 Å². The van der Waals surface area contributed by atoms with E-state index in [1.54, 1.807) is 0 Å². The van der Waals surface area contributed by atoms with Gasteiger partial charge in [-0.05, 0) is 23.6 Å². The first kappa shape index (κ1) is 9.23. The maximum Gasteiger partial charge on any atom is 0.0681 e. The largest absolute Gasteiger partial charge is 0.392 e. The Balaban J connectivity index is 2.77. The molecule has 0 aliphatic carbocycles. The third-order valence-electron chi connectivity index (χ3n) is 2.08. The smallest absolute Gasteiger partial charge is 0.0681 e. The molecule has 3 N–H and O–H groups in total. The van der Waals surface area contributed by atoms with Crippen molar-refractivity contribution in [1.29, 1.82) is 0 Å². The Morgan fingerprint density at radius 1 is 1.33 bits per heavy atom. The fraction of sp³-hybridized carbons (Fsp3) is 0.400. The van der Waals surface area contributed by atoms with Gasteiger partial charge in [0, 0.05) is 0 Å². The Kier molecular flexibility index (Phi) is 3.26. The summed E-state index contributed by atoms with van der Waals surface area (Å²) in [6.45, 7) is 2.86. The third-order valence-corrected chi connectivity index (χ3v) is 2.08. The molecule has 2 heteroatoms. The highest BCUT2D eigenvalue weighted by atomic mass is 16.3. The molecule has 1 atom stereocenters. The Bertz CT molecular complexity index is 230. The van der Waals surface area contributed by atoms with Gasteiger partial charge in [0.2, 0.25) is 0 Å². The van der Waals surface area contributed by atoms with Gasteiger partial charge in [0.25, 0.3) is 0 Å². The minimum atomic E-state index is 0.108. The van der Waals surface area contributed by atoms with Gasteiger partial charge in [-0.3, -0.25) is 0 Å². The zero-order chi connectivity index (χ0) is 8.97. The lowest BCUT2D eigenvalue weighted by Crippen LogP contribution is -2.08. The van der Waals surface area contributed by atoms with Gasteiger partial charge in [-0.15, -0.1) is 0 Å². The molecule has 1 rings (SSSR count). The van der Waals surface area contributed by atoms with Gasteiger partial charge in [-0.25, -0.2) is 0 Å². The topological polar surface area (TPSA) is 46.2 Å². The summed E-state index contributed by atoms with van der Waals surface area (Å²) < 4.78 is 0. The Morgan fingerprint density at radius 3 is 2.33 bits per heavy atom. The maximum absolute atomic E-state index is 8.80. The van der Waals surface area contributed by atoms with Gasteiger partial charge in [-0.1, -0.05) is 31.2 Å². The lowest BCUT2D eigenvalue weighted by molar-refractivity contribution is 0.282. The second-order valence-corrected chi connectivity index (χ2v) is 3.04. The highest BCUT2D eigenvalue weighted by Gasteiger charge is 2.01. The van der Waals surface area contributed by atoms with E-state index in [1.165, 1.54) is 5.56 Å². The van der Waals surface area contributed by atoms with Crippen molar-refractivity contribution >= 4 is 0 Å². The zero-order valence-corrected chi connectivity index (χ0v) is 7.33. The minimum Gasteiger partial charge on any atom is -0.392 e. The molecule has 0 spiro atoms. The molecule has 0 heterocycles. The molecule has 1 unspecified atom stereocenters. The molecular formula is C10H15NO. The van der Waals surface area contributed by atoms with Crippen LogP contribution in [0.2, 0.25) is 0 Å². The van der Waals surface area contributed by atoms with E-state index in [4.69, 9.17) is 10.8 Å². The summed E-state index contributed by atoms with van der Waals surface area (Å²) in [6.07, 6.45) is 0. The average Bonchev–Trinajstić information content (AvgIpc) is 2.17. The molecule has 1 aromatic rings. The van der Waals surface area contributed by atoms with Crippen molar-refractivity contribution in [2.75, 3.05) is 6.54 Å². The molecule has 0 fully saturated rings. The molecule has 0 aliphatic heterocycles. The molecule has 0 aliphatic rings. The molecule has 0 saturated heterocycles. The fourth-order valence-corrected chi connectivity index (χ4v) is 1.09. The first-order valence-corrected chi connectivity index (χ1v) is 4.17. The van der Waals surface area contributed by atoms with Crippen molar-refractivity contribution in [2.45, 2.75) is 19.4 Å². The van der Waals surface area contributed by atoms with Crippen LogP contribution in [0.25, 0.3) is 0 Å². The van der Waals surface area contributed by atoms with E-state index < -0.39 is 0 Å². The predicted molar refractivity (Wildman–Crippen MR) is 49.8 cm³/mol. The number of benzene rings is 1. The second-order valence-electron chi connectivity index (χ2n) is 3.04. The lowest BCUT2D eigenvalue weighted by Gasteiger charge is -2.08. The van der Waals surface area contributed by atoms with E-state index in [1.807, 2.05) is 24.3 Å². The number of nitrogens with two attached hydrogens (primary N) is 1. The molecular weight excluding hydrogens is 150 g/mol. The van der Waals surface area contributed by atoms with Crippen LogP contribution in [0.15, 0.2) is 24.3 Å². The predicted octanol–water partition coefficient (Wildman–Crippen LogP) is 1.24. The summed E-state index contributed by atoms with van der Waals surface area (Å²) >= 11 is 0. The molecule has 12 heavy (non-hydrogen) atoms. The van der Waals surface area contributed by atoms with Crippen LogP contribution in [0.4, 0.5) is 0 Å². The molecule has 66 valence electrons. The Hall–Kier alpha value is -0.860. The monoisotopic (exact) mass is 165 g/mol. The number of hydrogen-bond donors (Lipinski definition) is 2. The summed E-state index contributed by atoms with van der Waals surface area (Å²) in [4.78, 5) is 0. The van der Waals surface area contributed by atoms with Crippen LogP contribution in [0, 0.1) is 0 Å². The highest BCUT2D eigenvalue weighted by Crippen LogP contribution is 2.14. The van der Waals surface area contributed by atoms with Gasteiger partial charge in [-0.2, -0.15) is 0 Å². The van der Waals surface area contributed by atoms with E-state index in [0.717, 1.165) is 5.56 Å². The van der Waals surface area contributed by atoms with E-state index in [9.17, 15) is 0 Å². The minimum absolute atomic E-state index is 0.108.